The number of unbranched alkanes of at least 4 members (excludes halogenated alkanes) is 1. The maximum Gasteiger partial charge on any atom is 0.224 e. The van der Waals surface area contributed by atoms with Crippen LogP contribution in [0.15, 0.2) is 5.11 Å². The highest BCUT2D eigenvalue weighted by Gasteiger charge is 2.68. The summed E-state index contributed by atoms with van der Waals surface area (Å²) in [5, 5.41) is 6.41. The molecular formula is C12H22N4O. The summed E-state index contributed by atoms with van der Waals surface area (Å²) in [4.78, 5) is 14.6. The van der Waals surface area contributed by atoms with E-state index in [-0.39, 0.29) is 22.7 Å². The number of hydrogen-bond acceptors (Lipinski definition) is 2. The van der Waals surface area contributed by atoms with Crippen LogP contribution in [0.5, 0.6) is 0 Å². The van der Waals surface area contributed by atoms with Crippen molar-refractivity contribution in [3.05, 3.63) is 10.4 Å². The molecule has 1 N–H and O–H groups in total. The topological polar surface area (TPSA) is 77.9 Å². The monoisotopic (exact) mass is 238 g/mol. The van der Waals surface area contributed by atoms with Gasteiger partial charge in [-0.3, -0.25) is 4.79 Å². The van der Waals surface area contributed by atoms with Crippen LogP contribution in [0, 0.1) is 16.7 Å². The van der Waals surface area contributed by atoms with Gasteiger partial charge in [0.1, 0.15) is 0 Å². The third kappa shape index (κ3) is 2.72. The Kier molecular flexibility index (Phi) is 4.04. The third-order valence-electron chi connectivity index (χ3n) is 4.33. The molecule has 0 aliphatic heterocycles. The van der Waals surface area contributed by atoms with E-state index in [0.717, 1.165) is 12.8 Å². The molecular weight excluding hydrogens is 216 g/mol. The van der Waals surface area contributed by atoms with Crippen LogP contribution >= 0.6 is 0 Å². The van der Waals surface area contributed by atoms with E-state index in [1.54, 1.807) is 0 Å². The molecule has 0 aromatic heterocycles. The summed E-state index contributed by atoms with van der Waals surface area (Å²) >= 11 is 0. The van der Waals surface area contributed by atoms with Gasteiger partial charge in [-0.15, -0.1) is 0 Å². The lowest BCUT2D eigenvalue weighted by atomic mass is 10.0. The Labute approximate surface area is 103 Å². The number of azide groups is 1. The summed E-state index contributed by atoms with van der Waals surface area (Å²) in [6, 6.07) is 0. The van der Waals surface area contributed by atoms with Crippen molar-refractivity contribution in [3.63, 3.8) is 0 Å². The van der Waals surface area contributed by atoms with Crippen LogP contribution < -0.4 is 5.32 Å². The van der Waals surface area contributed by atoms with E-state index in [1.807, 2.05) is 0 Å². The highest BCUT2D eigenvalue weighted by atomic mass is 16.2. The Morgan fingerprint density at radius 1 is 1.29 bits per heavy atom. The van der Waals surface area contributed by atoms with Gasteiger partial charge in [0.05, 0.1) is 0 Å². The normalized spacial score (nSPS) is 20.5. The molecule has 5 nitrogen and oxygen atoms in total. The zero-order chi connectivity index (χ0) is 13.1. The molecule has 1 aliphatic carbocycles. The Morgan fingerprint density at radius 3 is 2.35 bits per heavy atom. The number of amides is 1. The van der Waals surface area contributed by atoms with Crippen LogP contribution in [0.1, 0.15) is 40.5 Å². The third-order valence-corrected chi connectivity index (χ3v) is 4.33. The second-order valence-electron chi connectivity index (χ2n) is 5.83. The van der Waals surface area contributed by atoms with Crippen molar-refractivity contribution < 1.29 is 4.79 Å². The molecule has 0 spiro atoms. The number of hydrogen-bond donors (Lipinski definition) is 1. The van der Waals surface area contributed by atoms with Crippen LogP contribution in [-0.2, 0) is 4.79 Å². The second-order valence-corrected chi connectivity index (χ2v) is 5.83. The van der Waals surface area contributed by atoms with Crippen molar-refractivity contribution in [2.24, 2.45) is 21.9 Å². The summed E-state index contributed by atoms with van der Waals surface area (Å²) in [5.74, 6) is 0.274. The molecule has 0 unspecified atom stereocenters. The van der Waals surface area contributed by atoms with Crippen molar-refractivity contribution in [2.45, 2.75) is 40.5 Å². The fourth-order valence-electron chi connectivity index (χ4n) is 2.52. The van der Waals surface area contributed by atoms with Gasteiger partial charge in [-0.2, -0.15) is 0 Å². The van der Waals surface area contributed by atoms with Crippen LogP contribution in [0.25, 0.3) is 10.4 Å². The minimum atomic E-state index is 0.0994. The molecule has 0 aromatic rings. The van der Waals surface area contributed by atoms with Crippen molar-refractivity contribution in [1.82, 2.24) is 5.32 Å². The summed E-state index contributed by atoms with van der Waals surface area (Å²) in [5.41, 5.74) is 8.29. The van der Waals surface area contributed by atoms with Crippen LogP contribution in [0.4, 0.5) is 0 Å². The summed E-state index contributed by atoms with van der Waals surface area (Å²) in [7, 11) is 0. The van der Waals surface area contributed by atoms with Gasteiger partial charge in [-0.05, 0) is 29.2 Å². The van der Waals surface area contributed by atoms with Gasteiger partial charge in [0, 0.05) is 23.9 Å². The summed E-state index contributed by atoms with van der Waals surface area (Å²) < 4.78 is 0. The molecule has 1 aliphatic rings. The molecule has 1 saturated carbocycles. The maximum absolute atomic E-state index is 11.9. The smallest absolute Gasteiger partial charge is 0.224 e. The molecule has 5 heteroatoms. The largest absolute Gasteiger partial charge is 0.356 e. The van der Waals surface area contributed by atoms with E-state index < -0.39 is 0 Å². The lowest BCUT2D eigenvalue weighted by molar-refractivity contribution is -0.123. The number of rotatable bonds is 6. The molecule has 17 heavy (non-hydrogen) atoms. The van der Waals surface area contributed by atoms with Crippen molar-refractivity contribution >= 4 is 5.91 Å². The Balaban J connectivity index is 2.22. The SMILES string of the molecule is CC1(C)C(C(=O)NCCCCN=[N+]=[N-])C1(C)C. The van der Waals surface area contributed by atoms with Crippen molar-refractivity contribution in [1.29, 1.82) is 0 Å². The van der Waals surface area contributed by atoms with Gasteiger partial charge in [0.25, 0.3) is 0 Å². The fourth-order valence-corrected chi connectivity index (χ4v) is 2.52. The Morgan fingerprint density at radius 2 is 1.88 bits per heavy atom. The van der Waals surface area contributed by atoms with Gasteiger partial charge < -0.3 is 5.32 Å². The van der Waals surface area contributed by atoms with Gasteiger partial charge in [-0.1, -0.05) is 32.8 Å². The van der Waals surface area contributed by atoms with E-state index in [0.29, 0.717) is 13.1 Å². The van der Waals surface area contributed by atoms with Crippen LogP contribution in [0.3, 0.4) is 0 Å². The zero-order valence-electron chi connectivity index (χ0n) is 11.2. The molecule has 1 rings (SSSR count). The minimum absolute atomic E-state index is 0.0994. The highest BCUT2D eigenvalue weighted by molar-refractivity contribution is 5.84. The van der Waals surface area contributed by atoms with Crippen LogP contribution in [-0.4, -0.2) is 19.0 Å². The van der Waals surface area contributed by atoms with Gasteiger partial charge in [-0.25, -0.2) is 0 Å². The van der Waals surface area contributed by atoms with E-state index in [2.05, 4.69) is 43.0 Å². The molecule has 0 aromatic carbocycles. The first-order valence-corrected chi connectivity index (χ1v) is 6.14. The standard InChI is InChI=1S/C12H22N4O/c1-11(2)9(12(11,3)4)10(17)14-7-5-6-8-15-16-13/h9H,5-8H2,1-4H3,(H,14,17). The lowest BCUT2D eigenvalue weighted by Crippen LogP contribution is -2.28. The molecule has 0 atom stereocenters. The second kappa shape index (κ2) is 4.96. The Hall–Kier alpha value is -1.22. The predicted octanol–water partition coefficient (Wildman–Crippen LogP) is 2.88. The fraction of sp³-hybridized carbons (Fsp3) is 0.917. The average molecular weight is 238 g/mol. The quantitative estimate of drug-likeness (QED) is 0.328. The first kappa shape index (κ1) is 13.8. The van der Waals surface area contributed by atoms with Crippen molar-refractivity contribution in [3.8, 4) is 0 Å². The predicted molar refractivity (Wildman–Crippen MR) is 67.3 cm³/mol. The van der Waals surface area contributed by atoms with Gasteiger partial charge in [0.15, 0.2) is 0 Å². The zero-order valence-corrected chi connectivity index (χ0v) is 11.2. The molecule has 0 radical (unpaired) electrons. The molecule has 0 bridgehead atoms. The van der Waals surface area contributed by atoms with Gasteiger partial charge in [0.2, 0.25) is 5.91 Å². The average Bonchev–Trinajstić information content (AvgIpc) is 2.63. The summed E-state index contributed by atoms with van der Waals surface area (Å²) in [6.07, 6.45) is 1.68. The summed E-state index contributed by atoms with van der Waals surface area (Å²) in [6.45, 7) is 9.73. The van der Waals surface area contributed by atoms with E-state index >= 15 is 0 Å². The number of nitrogens with zero attached hydrogens (tertiary/aromatic N) is 3. The van der Waals surface area contributed by atoms with Gasteiger partial charge >= 0.3 is 0 Å². The van der Waals surface area contributed by atoms with Crippen LogP contribution in [0.2, 0.25) is 0 Å². The van der Waals surface area contributed by atoms with Crippen molar-refractivity contribution in [2.75, 3.05) is 13.1 Å². The molecule has 0 saturated heterocycles. The van der Waals surface area contributed by atoms with E-state index in [9.17, 15) is 4.79 Å². The minimum Gasteiger partial charge on any atom is -0.356 e. The number of carbonyl (C=O) groups excluding carboxylic acids is 1. The Bertz CT molecular complexity index is 328. The highest BCUT2D eigenvalue weighted by Crippen LogP contribution is 2.68. The molecule has 1 fully saturated rings. The maximum atomic E-state index is 11.9. The first-order valence-electron chi connectivity index (χ1n) is 6.14. The molecule has 96 valence electrons. The molecule has 0 heterocycles. The lowest BCUT2D eigenvalue weighted by Gasteiger charge is -2.05. The first-order chi connectivity index (χ1) is 7.85. The number of nitrogens with one attached hydrogen (secondary N) is 1. The molecule has 1 amide bonds. The number of carbonyl (C=O) groups is 1. The van der Waals surface area contributed by atoms with E-state index in [1.165, 1.54) is 0 Å². The van der Waals surface area contributed by atoms with E-state index in [4.69, 9.17) is 5.53 Å².